The number of piperidine rings is 1. The van der Waals surface area contributed by atoms with E-state index in [1.807, 2.05) is 0 Å². The van der Waals surface area contributed by atoms with Crippen LogP contribution in [-0.2, 0) is 27.0 Å². The van der Waals surface area contributed by atoms with Gasteiger partial charge in [0, 0.05) is 49.4 Å². The van der Waals surface area contributed by atoms with Gasteiger partial charge in [0.25, 0.3) is 0 Å². The van der Waals surface area contributed by atoms with Crippen LogP contribution in [0.5, 0.6) is 0 Å². The van der Waals surface area contributed by atoms with Crippen molar-refractivity contribution in [2.45, 2.75) is 31.4 Å². The first-order valence-electron chi connectivity index (χ1n) is 11.3. The fourth-order valence-corrected chi connectivity index (χ4v) is 6.35. The number of carbonyl (C=O) groups is 1. The zero-order chi connectivity index (χ0) is 22.6. The molecule has 1 fully saturated rings. The molecule has 2 aliphatic rings. The molecule has 0 radical (unpaired) electrons. The van der Waals surface area contributed by atoms with Crippen LogP contribution >= 0.6 is 11.6 Å². The lowest BCUT2D eigenvalue weighted by Crippen LogP contribution is -2.43. The Morgan fingerprint density at radius 3 is 2.62 bits per heavy atom. The molecule has 6 nitrogen and oxygen atoms in total. The second-order valence-corrected chi connectivity index (χ2v) is 11.0. The molecule has 0 aliphatic carbocycles. The Labute approximate surface area is 195 Å². The number of amides is 1. The molecule has 2 aliphatic heterocycles. The Morgan fingerprint density at radius 2 is 1.84 bits per heavy atom. The summed E-state index contributed by atoms with van der Waals surface area (Å²) in [6.07, 6.45) is 3.09. The number of sulfonamides is 1. The number of nitrogens with zero attached hydrogens (tertiary/aromatic N) is 2. The molecule has 172 valence electrons. The molecule has 32 heavy (non-hydrogen) atoms. The normalized spacial score (nSPS) is 17.3. The molecule has 1 saturated heterocycles. The molecule has 0 saturated carbocycles. The maximum atomic E-state index is 12.7. The molecule has 1 amide bonds. The number of halogens is 1. The SMILES string of the molecule is O=C(NCCCN1CCc2ccccc21)C1CCN(S(=O)(=O)Cc2cccc(Cl)c2)CC1. The van der Waals surface area contributed by atoms with Gasteiger partial charge in [-0.15, -0.1) is 0 Å². The summed E-state index contributed by atoms with van der Waals surface area (Å²) >= 11 is 5.97. The van der Waals surface area contributed by atoms with Crippen molar-refractivity contribution in [2.24, 2.45) is 5.92 Å². The van der Waals surface area contributed by atoms with E-state index >= 15 is 0 Å². The third-order valence-electron chi connectivity index (χ3n) is 6.34. The number of hydrogen-bond acceptors (Lipinski definition) is 4. The zero-order valence-electron chi connectivity index (χ0n) is 18.2. The number of nitrogens with one attached hydrogen (secondary N) is 1. The highest BCUT2D eigenvalue weighted by atomic mass is 35.5. The highest BCUT2D eigenvalue weighted by molar-refractivity contribution is 7.88. The lowest BCUT2D eigenvalue weighted by Gasteiger charge is -2.30. The van der Waals surface area contributed by atoms with Crippen molar-refractivity contribution in [1.82, 2.24) is 9.62 Å². The maximum Gasteiger partial charge on any atom is 0.223 e. The number of hydrogen-bond donors (Lipinski definition) is 1. The monoisotopic (exact) mass is 475 g/mol. The largest absolute Gasteiger partial charge is 0.371 e. The summed E-state index contributed by atoms with van der Waals surface area (Å²) in [6.45, 7) is 3.37. The molecule has 0 unspecified atom stereocenters. The molecule has 0 atom stereocenters. The summed E-state index contributed by atoms with van der Waals surface area (Å²) in [6, 6.07) is 15.4. The Hall–Kier alpha value is -2.09. The predicted molar refractivity (Wildman–Crippen MR) is 128 cm³/mol. The van der Waals surface area contributed by atoms with Gasteiger partial charge in [-0.05, 0) is 55.0 Å². The molecule has 0 bridgehead atoms. The topological polar surface area (TPSA) is 69.7 Å². The Bertz CT molecular complexity index is 1050. The van der Waals surface area contributed by atoms with E-state index in [1.165, 1.54) is 15.6 Å². The maximum absolute atomic E-state index is 12.7. The quantitative estimate of drug-likeness (QED) is 0.594. The molecule has 4 rings (SSSR count). The van der Waals surface area contributed by atoms with Crippen molar-refractivity contribution in [1.29, 1.82) is 0 Å². The van der Waals surface area contributed by atoms with E-state index in [4.69, 9.17) is 11.6 Å². The third-order valence-corrected chi connectivity index (χ3v) is 8.43. The minimum atomic E-state index is -3.42. The summed E-state index contributed by atoms with van der Waals surface area (Å²) in [4.78, 5) is 14.9. The highest BCUT2D eigenvalue weighted by Gasteiger charge is 2.31. The second-order valence-electron chi connectivity index (χ2n) is 8.57. The van der Waals surface area contributed by atoms with E-state index in [0.29, 0.717) is 43.1 Å². The highest BCUT2D eigenvalue weighted by Crippen LogP contribution is 2.27. The van der Waals surface area contributed by atoms with Crippen LogP contribution in [0, 0.1) is 5.92 Å². The first kappa shape index (κ1) is 23.1. The van der Waals surface area contributed by atoms with E-state index in [2.05, 4.69) is 34.5 Å². The number of para-hydroxylation sites is 1. The van der Waals surface area contributed by atoms with Crippen molar-refractivity contribution in [3.63, 3.8) is 0 Å². The van der Waals surface area contributed by atoms with E-state index < -0.39 is 10.0 Å². The van der Waals surface area contributed by atoms with Crippen LogP contribution in [0.2, 0.25) is 5.02 Å². The fraction of sp³-hybridized carbons (Fsp3) is 0.458. The van der Waals surface area contributed by atoms with Gasteiger partial charge in [-0.2, -0.15) is 0 Å². The van der Waals surface area contributed by atoms with Crippen molar-refractivity contribution < 1.29 is 13.2 Å². The van der Waals surface area contributed by atoms with Gasteiger partial charge in [-0.1, -0.05) is 41.9 Å². The standard InChI is InChI=1S/C24H30ClN3O3S/c25-22-7-3-5-19(17-22)18-32(30,31)28-15-10-21(11-16-28)24(29)26-12-4-13-27-14-9-20-6-1-2-8-23(20)27/h1-3,5-8,17,21H,4,9-16,18H2,(H,26,29). The summed E-state index contributed by atoms with van der Waals surface area (Å²) in [5.74, 6) is -0.150. The molecular formula is C24H30ClN3O3S. The Balaban J connectivity index is 1.18. The molecule has 2 aromatic carbocycles. The molecule has 0 aromatic heterocycles. The Morgan fingerprint density at radius 1 is 1.06 bits per heavy atom. The molecule has 1 N–H and O–H groups in total. The lowest BCUT2D eigenvalue weighted by molar-refractivity contribution is -0.126. The summed E-state index contributed by atoms with van der Waals surface area (Å²) < 4.78 is 27.0. The van der Waals surface area contributed by atoms with Crippen LogP contribution < -0.4 is 10.2 Å². The van der Waals surface area contributed by atoms with E-state index in [0.717, 1.165) is 25.9 Å². The van der Waals surface area contributed by atoms with Gasteiger partial charge in [-0.3, -0.25) is 4.79 Å². The Kier molecular flexibility index (Phi) is 7.38. The van der Waals surface area contributed by atoms with Crippen LogP contribution in [0.3, 0.4) is 0 Å². The first-order valence-corrected chi connectivity index (χ1v) is 13.2. The molecule has 0 spiro atoms. The van der Waals surface area contributed by atoms with Gasteiger partial charge in [0.15, 0.2) is 0 Å². The van der Waals surface area contributed by atoms with E-state index in [1.54, 1.807) is 24.3 Å². The molecule has 2 heterocycles. The van der Waals surface area contributed by atoms with Crippen molar-refractivity contribution in [3.05, 3.63) is 64.7 Å². The van der Waals surface area contributed by atoms with Crippen molar-refractivity contribution in [2.75, 3.05) is 37.6 Å². The van der Waals surface area contributed by atoms with Gasteiger partial charge in [0.1, 0.15) is 0 Å². The van der Waals surface area contributed by atoms with Gasteiger partial charge in [0.05, 0.1) is 5.75 Å². The number of anilines is 1. The summed E-state index contributed by atoms with van der Waals surface area (Å²) in [7, 11) is -3.42. The summed E-state index contributed by atoms with van der Waals surface area (Å²) in [5, 5.41) is 3.58. The lowest BCUT2D eigenvalue weighted by atomic mass is 9.97. The minimum Gasteiger partial charge on any atom is -0.371 e. The van der Waals surface area contributed by atoms with Crippen molar-refractivity contribution >= 4 is 33.2 Å². The zero-order valence-corrected chi connectivity index (χ0v) is 19.7. The van der Waals surface area contributed by atoms with Crippen LogP contribution in [0.4, 0.5) is 5.69 Å². The number of benzene rings is 2. The fourth-order valence-electron chi connectivity index (χ4n) is 4.59. The van der Waals surface area contributed by atoms with Crippen LogP contribution in [0.25, 0.3) is 0 Å². The smallest absolute Gasteiger partial charge is 0.223 e. The average Bonchev–Trinajstić information content (AvgIpc) is 3.19. The van der Waals surface area contributed by atoms with E-state index in [9.17, 15) is 13.2 Å². The van der Waals surface area contributed by atoms with E-state index in [-0.39, 0.29) is 17.6 Å². The molecular weight excluding hydrogens is 446 g/mol. The van der Waals surface area contributed by atoms with Gasteiger partial charge >= 0.3 is 0 Å². The van der Waals surface area contributed by atoms with Crippen LogP contribution in [0.1, 0.15) is 30.4 Å². The minimum absolute atomic E-state index is 0.0405. The number of fused-ring (bicyclic) bond motifs is 1. The summed E-state index contributed by atoms with van der Waals surface area (Å²) in [5.41, 5.74) is 3.39. The van der Waals surface area contributed by atoms with Gasteiger partial charge in [0.2, 0.25) is 15.9 Å². The van der Waals surface area contributed by atoms with Gasteiger partial charge in [-0.25, -0.2) is 12.7 Å². The van der Waals surface area contributed by atoms with Crippen molar-refractivity contribution in [3.8, 4) is 0 Å². The third kappa shape index (κ3) is 5.63. The van der Waals surface area contributed by atoms with Crippen LogP contribution in [0.15, 0.2) is 48.5 Å². The average molecular weight is 476 g/mol. The second kappa shape index (κ2) is 10.2. The first-order chi connectivity index (χ1) is 15.4. The molecule has 8 heteroatoms. The predicted octanol–water partition coefficient (Wildman–Crippen LogP) is 3.45. The van der Waals surface area contributed by atoms with Crippen LogP contribution in [-0.4, -0.2) is 51.4 Å². The number of carbonyl (C=O) groups excluding carboxylic acids is 1. The molecule has 2 aromatic rings. The number of rotatable bonds is 8. The van der Waals surface area contributed by atoms with Gasteiger partial charge < -0.3 is 10.2 Å².